The van der Waals surface area contributed by atoms with Gasteiger partial charge in [-0.3, -0.25) is 20.4 Å². The molecule has 27 heavy (non-hydrogen) atoms. The highest BCUT2D eigenvalue weighted by Gasteiger charge is 2.48. The standard InChI is InChI=1S/C20H24N2O5/c1-2-3-10-27-15-8-6-12(7-9-15)18(23)21-22-19(24)16-13-4-5-14(11-13)17(16)20(25)26/h4-9,13-14,16-17H,2-3,10-11H2,1H3,(H,21,23)(H,22,24)(H,25,26)/p-1/t13-,14-,16+,17-/m0/s1. The average molecular weight is 371 g/mol. The van der Waals surface area contributed by atoms with Crippen LogP contribution in [0.2, 0.25) is 0 Å². The van der Waals surface area contributed by atoms with E-state index in [1.54, 1.807) is 24.3 Å². The van der Waals surface area contributed by atoms with Gasteiger partial charge in [-0.1, -0.05) is 25.5 Å². The molecule has 3 rings (SSSR count). The third-order valence-electron chi connectivity index (χ3n) is 5.22. The van der Waals surface area contributed by atoms with Crippen molar-refractivity contribution in [2.45, 2.75) is 26.2 Å². The van der Waals surface area contributed by atoms with E-state index in [0.29, 0.717) is 24.3 Å². The Morgan fingerprint density at radius 1 is 1.07 bits per heavy atom. The summed E-state index contributed by atoms with van der Waals surface area (Å²) in [7, 11) is 0. The fourth-order valence-electron chi connectivity index (χ4n) is 3.81. The second-order valence-corrected chi connectivity index (χ2v) is 6.99. The number of hydrazine groups is 1. The van der Waals surface area contributed by atoms with Gasteiger partial charge in [0.05, 0.1) is 12.5 Å². The van der Waals surface area contributed by atoms with Crippen LogP contribution in [0.25, 0.3) is 0 Å². The zero-order valence-electron chi connectivity index (χ0n) is 15.1. The highest BCUT2D eigenvalue weighted by atomic mass is 16.5. The van der Waals surface area contributed by atoms with Crippen LogP contribution < -0.4 is 20.7 Å². The van der Waals surface area contributed by atoms with Crippen LogP contribution in [0, 0.1) is 23.7 Å². The predicted molar refractivity (Wildman–Crippen MR) is 95.2 cm³/mol. The van der Waals surface area contributed by atoms with Crippen LogP contribution in [0.5, 0.6) is 5.75 Å². The number of carbonyl (C=O) groups is 3. The van der Waals surface area contributed by atoms with Crippen molar-refractivity contribution in [2.75, 3.05) is 6.61 Å². The summed E-state index contributed by atoms with van der Waals surface area (Å²) in [5.41, 5.74) is 5.07. The second kappa shape index (κ2) is 8.24. The van der Waals surface area contributed by atoms with Gasteiger partial charge in [0, 0.05) is 17.5 Å². The lowest BCUT2D eigenvalue weighted by Crippen LogP contribution is -2.50. The van der Waals surface area contributed by atoms with Crippen LogP contribution in [0.1, 0.15) is 36.5 Å². The van der Waals surface area contributed by atoms with Gasteiger partial charge >= 0.3 is 0 Å². The van der Waals surface area contributed by atoms with E-state index in [1.807, 2.05) is 12.2 Å². The fourth-order valence-corrected chi connectivity index (χ4v) is 3.81. The Morgan fingerprint density at radius 2 is 1.74 bits per heavy atom. The normalized spacial score (nSPS) is 25.2. The molecule has 0 saturated heterocycles. The molecule has 7 nitrogen and oxygen atoms in total. The number of carbonyl (C=O) groups excluding carboxylic acids is 3. The number of rotatable bonds is 7. The van der Waals surface area contributed by atoms with Gasteiger partial charge in [0.1, 0.15) is 5.75 Å². The van der Waals surface area contributed by atoms with Crippen LogP contribution in [0.4, 0.5) is 0 Å². The fraction of sp³-hybridized carbons (Fsp3) is 0.450. The molecule has 2 N–H and O–H groups in total. The summed E-state index contributed by atoms with van der Waals surface area (Å²) in [5.74, 6) is -3.41. The van der Waals surface area contributed by atoms with Gasteiger partial charge in [-0.15, -0.1) is 0 Å². The molecule has 1 aromatic carbocycles. The lowest BCUT2D eigenvalue weighted by Gasteiger charge is -2.27. The molecule has 4 atom stereocenters. The van der Waals surface area contributed by atoms with E-state index < -0.39 is 29.6 Å². The summed E-state index contributed by atoms with van der Waals surface area (Å²) in [4.78, 5) is 36.0. The van der Waals surface area contributed by atoms with Crippen LogP contribution in [-0.2, 0) is 9.59 Å². The molecular weight excluding hydrogens is 348 g/mol. The van der Waals surface area contributed by atoms with Crippen molar-refractivity contribution in [1.82, 2.24) is 10.9 Å². The predicted octanol–water partition coefficient (Wildman–Crippen LogP) is 0.815. The lowest BCUT2D eigenvalue weighted by molar-refractivity contribution is -0.313. The number of hydrogen-bond acceptors (Lipinski definition) is 5. The quantitative estimate of drug-likeness (QED) is 0.419. The van der Waals surface area contributed by atoms with E-state index in [4.69, 9.17) is 4.74 Å². The Morgan fingerprint density at radius 3 is 2.37 bits per heavy atom. The maximum atomic E-state index is 12.4. The molecule has 0 heterocycles. The molecule has 2 bridgehead atoms. The molecule has 2 amide bonds. The number of fused-ring (bicyclic) bond motifs is 2. The number of unbranched alkanes of at least 4 members (excludes halogenated alkanes) is 1. The van der Waals surface area contributed by atoms with Gasteiger partial charge in [-0.25, -0.2) is 0 Å². The molecule has 0 spiro atoms. The number of carboxylic acids is 1. The number of aliphatic carboxylic acids is 1. The minimum atomic E-state index is -1.23. The van der Waals surface area contributed by atoms with Crippen LogP contribution in [0.3, 0.4) is 0 Å². The first-order valence-corrected chi connectivity index (χ1v) is 9.23. The lowest BCUT2D eigenvalue weighted by atomic mass is 9.82. The van der Waals surface area contributed by atoms with E-state index in [0.717, 1.165) is 12.8 Å². The molecule has 1 fully saturated rings. The maximum absolute atomic E-state index is 12.4. The minimum Gasteiger partial charge on any atom is -0.550 e. The number of carboxylic acid groups (broad SMARTS) is 1. The van der Waals surface area contributed by atoms with Gasteiger partial charge in [0.2, 0.25) is 5.91 Å². The number of nitrogens with one attached hydrogen (secondary N) is 2. The van der Waals surface area contributed by atoms with E-state index in [9.17, 15) is 19.5 Å². The second-order valence-electron chi connectivity index (χ2n) is 6.99. The van der Waals surface area contributed by atoms with Gasteiger partial charge < -0.3 is 14.6 Å². The summed E-state index contributed by atoms with van der Waals surface area (Å²) in [6, 6.07) is 6.60. The first-order chi connectivity index (χ1) is 13.0. The monoisotopic (exact) mass is 371 g/mol. The number of ether oxygens (including phenoxy) is 1. The Bertz CT molecular complexity index is 743. The minimum absolute atomic E-state index is 0.130. The Balaban J connectivity index is 1.53. The SMILES string of the molecule is CCCCOc1ccc(C(=O)NNC(=O)[C@H]2[C@@H](C(=O)[O-])[C@H]3C=C[C@H]2C3)cc1. The third kappa shape index (κ3) is 4.13. The summed E-state index contributed by atoms with van der Waals surface area (Å²) >= 11 is 0. The molecule has 2 aliphatic carbocycles. The van der Waals surface area contributed by atoms with Crippen LogP contribution >= 0.6 is 0 Å². The third-order valence-corrected chi connectivity index (χ3v) is 5.22. The van der Waals surface area contributed by atoms with E-state index in [-0.39, 0.29) is 11.8 Å². The van der Waals surface area contributed by atoms with Crippen molar-refractivity contribution in [3.05, 3.63) is 42.0 Å². The zero-order chi connectivity index (χ0) is 19.4. The van der Waals surface area contributed by atoms with Crippen molar-refractivity contribution in [2.24, 2.45) is 23.7 Å². The Hall–Kier alpha value is -2.83. The van der Waals surface area contributed by atoms with Crippen molar-refractivity contribution in [1.29, 1.82) is 0 Å². The molecule has 1 saturated carbocycles. The summed E-state index contributed by atoms with van der Waals surface area (Å²) in [6.45, 7) is 2.70. The highest BCUT2D eigenvalue weighted by Crippen LogP contribution is 2.47. The van der Waals surface area contributed by atoms with Crippen molar-refractivity contribution in [3.63, 3.8) is 0 Å². The summed E-state index contributed by atoms with van der Waals surface area (Å²) < 4.78 is 5.54. The summed E-state index contributed by atoms with van der Waals surface area (Å²) in [6.07, 6.45) is 6.33. The average Bonchev–Trinajstić information content (AvgIpc) is 3.28. The summed E-state index contributed by atoms with van der Waals surface area (Å²) in [5, 5.41) is 11.4. The highest BCUT2D eigenvalue weighted by molar-refractivity contribution is 5.96. The topological polar surface area (TPSA) is 108 Å². The molecule has 0 aromatic heterocycles. The van der Waals surface area contributed by atoms with Gasteiger partial charge in [-0.05, 0) is 48.9 Å². The van der Waals surface area contributed by atoms with E-state index in [2.05, 4.69) is 17.8 Å². The Kier molecular flexibility index (Phi) is 5.78. The molecule has 1 aromatic rings. The number of allylic oxidation sites excluding steroid dienone is 2. The van der Waals surface area contributed by atoms with Gasteiger partial charge in [0.15, 0.2) is 0 Å². The van der Waals surface area contributed by atoms with Crippen molar-refractivity contribution in [3.8, 4) is 5.75 Å². The Labute approximate surface area is 157 Å². The molecule has 0 radical (unpaired) electrons. The van der Waals surface area contributed by atoms with Gasteiger partial charge in [-0.2, -0.15) is 0 Å². The van der Waals surface area contributed by atoms with E-state index >= 15 is 0 Å². The molecule has 0 aliphatic heterocycles. The van der Waals surface area contributed by atoms with E-state index in [1.165, 1.54) is 0 Å². The number of benzene rings is 1. The molecule has 0 unspecified atom stereocenters. The van der Waals surface area contributed by atoms with Crippen molar-refractivity contribution < 1.29 is 24.2 Å². The first kappa shape index (κ1) is 18.9. The maximum Gasteiger partial charge on any atom is 0.269 e. The molecular formula is C20H23N2O5-. The molecule has 2 aliphatic rings. The van der Waals surface area contributed by atoms with Crippen molar-refractivity contribution >= 4 is 17.8 Å². The number of amides is 2. The first-order valence-electron chi connectivity index (χ1n) is 9.23. The zero-order valence-corrected chi connectivity index (χ0v) is 15.1. The molecule has 7 heteroatoms. The molecule has 144 valence electrons. The van der Waals surface area contributed by atoms with Crippen LogP contribution in [0.15, 0.2) is 36.4 Å². The van der Waals surface area contributed by atoms with Gasteiger partial charge in [0.25, 0.3) is 5.91 Å². The smallest absolute Gasteiger partial charge is 0.269 e. The number of hydrogen-bond donors (Lipinski definition) is 2. The largest absolute Gasteiger partial charge is 0.550 e. The van der Waals surface area contributed by atoms with Crippen LogP contribution in [-0.4, -0.2) is 24.4 Å².